The van der Waals surface area contributed by atoms with Gasteiger partial charge in [-0.25, -0.2) is 0 Å². The Balaban J connectivity index is 1.82. The topological polar surface area (TPSA) is 32.3 Å². The highest BCUT2D eigenvalue weighted by atomic mass is 16.3. The van der Waals surface area contributed by atoms with Gasteiger partial charge >= 0.3 is 0 Å². The second-order valence-corrected chi connectivity index (χ2v) is 4.82. The Hall–Kier alpha value is -0.860. The lowest BCUT2D eigenvalue weighted by molar-refractivity contribution is 0.148. The van der Waals surface area contributed by atoms with Gasteiger partial charge in [0.05, 0.1) is 6.10 Å². The molecule has 0 radical (unpaired) electrons. The summed E-state index contributed by atoms with van der Waals surface area (Å²) in [5, 5.41) is 13.2. The van der Waals surface area contributed by atoms with Crippen LogP contribution < -0.4 is 5.32 Å². The number of aliphatic hydroxyl groups is 1. The molecule has 2 N–H and O–H groups in total. The Kier molecular flexibility index (Phi) is 3.97. The lowest BCUT2D eigenvalue weighted by Crippen LogP contribution is -2.37. The fraction of sp³-hybridized carbons (Fsp3) is 0.571. The Morgan fingerprint density at radius 2 is 2.06 bits per heavy atom. The van der Waals surface area contributed by atoms with E-state index in [1.54, 1.807) is 0 Å². The van der Waals surface area contributed by atoms with Crippen LogP contribution in [0.2, 0.25) is 0 Å². The standard InChI is InChI=1S/C14H21NO/c1-11(12-6-3-2-4-7-12)10-15-13-8-5-9-14(13)16/h2-4,6-7,11,13-16H,5,8-10H2,1H3. The summed E-state index contributed by atoms with van der Waals surface area (Å²) >= 11 is 0. The monoisotopic (exact) mass is 219 g/mol. The van der Waals surface area contributed by atoms with Crippen LogP contribution in [0.4, 0.5) is 0 Å². The highest BCUT2D eigenvalue weighted by Crippen LogP contribution is 2.20. The molecule has 0 amide bonds. The lowest BCUT2D eigenvalue weighted by Gasteiger charge is -2.19. The normalized spacial score (nSPS) is 26.9. The minimum Gasteiger partial charge on any atom is -0.392 e. The van der Waals surface area contributed by atoms with Crippen LogP contribution in [0.3, 0.4) is 0 Å². The van der Waals surface area contributed by atoms with Crippen molar-refractivity contribution >= 4 is 0 Å². The van der Waals surface area contributed by atoms with Crippen molar-refractivity contribution in [2.75, 3.05) is 6.54 Å². The van der Waals surface area contributed by atoms with Crippen molar-refractivity contribution in [3.63, 3.8) is 0 Å². The van der Waals surface area contributed by atoms with E-state index in [0.29, 0.717) is 12.0 Å². The predicted octanol–water partition coefficient (Wildman–Crippen LogP) is 2.29. The van der Waals surface area contributed by atoms with Crippen LogP contribution in [0.15, 0.2) is 30.3 Å². The van der Waals surface area contributed by atoms with Crippen LogP contribution in [-0.2, 0) is 0 Å². The molecule has 0 spiro atoms. The first-order chi connectivity index (χ1) is 7.77. The van der Waals surface area contributed by atoms with Gasteiger partial charge < -0.3 is 10.4 Å². The maximum Gasteiger partial charge on any atom is 0.0693 e. The zero-order valence-electron chi connectivity index (χ0n) is 9.89. The van der Waals surface area contributed by atoms with Gasteiger partial charge in [-0.3, -0.25) is 0 Å². The van der Waals surface area contributed by atoms with Gasteiger partial charge in [-0.2, -0.15) is 0 Å². The number of hydrogen-bond acceptors (Lipinski definition) is 2. The molecule has 16 heavy (non-hydrogen) atoms. The zero-order valence-corrected chi connectivity index (χ0v) is 9.89. The molecular formula is C14H21NO. The van der Waals surface area contributed by atoms with Crippen LogP contribution in [0.5, 0.6) is 0 Å². The lowest BCUT2D eigenvalue weighted by atomic mass is 10.0. The van der Waals surface area contributed by atoms with Crippen LogP contribution in [0, 0.1) is 0 Å². The van der Waals surface area contributed by atoms with E-state index >= 15 is 0 Å². The number of nitrogens with one attached hydrogen (secondary N) is 1. The molecule has 1 fully saturated rings. The third-order valence-electron chi connectivity index (χ3n) is 3.53. The van der Waals surface area contributed by atoms with Gasteiger partial charge in [0.25, 0.3) is 0 Å². The molecule has 1 aliphatic rings. The molecule has 1 saturated carbocycles. The molecule has 2 heteroatoms. The van der Waals surface area contributed by atoms with Crippen molar-refractivity contribution in [1.29, 1.82) is 0 Å². The van der Waals surface area contributed by atoms with E-state index in [4.69, 9.17) is 0 Å². The van der Waals surface area contributed by atoms with E-state index in [9.17, 15) is 5.11 Å². The highest BCUT2D eigenvalue weighted by molar-refractivity contribution is 5.19. The minimum absolute atomic E-state index is 0.136. The Morgan fingerprint density at radius 1 is 1.31 bits per heavy atom. The van der Waals surface area contributed by atoms with Crippen molar-refractivity contribution in [1.82, 2.24) is 5.32 Å². The molecule has 0 heterocycles. The van der Waals surface area contributed by atoms with Crippen LogP contribution >= 0.6 is 0 Å². The van der Waals surface area contributed by atoms with E-state index in [1.807, 2.05) is 6.07 Å². The number of aliphatic hydroxyl groups excluding tert-OH is 1. The molecule has 3 atom stereocenters. The Morgan fingerprint density at radius 3 is 2.69 bits per heavy atom. The van der Waals surface area contributed by atoms with Crippen molar-refractivity contribution in [3.8, 4) is 0 Å². The number of hydrogen-bond donors (Lipinski definition) is 2. The second-order valence-electron chi connectivity index (χ2n) is 4.82. The third-order valence-corrected chi connectivity index (χ3v) is 3.53. The fourth-order valence-electron chi connectivity index (χ4n) is 2.41. The van der Waals surface area contributed by atoms with Gasteiger partial charge in [0.15, 0.2) is 0 Å². The summed E-state index contributed by atoms with van der Waals surface area (Å²) in [5.74, 6) is 0.508. The first kappa shape index (κ1) is 11.6. The van der Waals surface area contributed by atoms with E-state index in [-0.39, 0.29) is 6.10 Å². The van der Waals surface area contributed by atoms with Gasteiger partial charge in [0.2, 0.25) is 0 Å². The average molecular weight is 219 g/mol. The molecule has 2 rings (SSSR count). The first-order valence-electron chi connectivity index (χ1n) is 6.24. The van der Waals surface area contributed by atoms with Gasteiger partial charge in [-0.05, 0) is 30.7 Å². The van der Waals surface area contributed by atoms with Crippen molar-refractivity contribution in [3.05, 3.63) is 35.9 Å². The Bertz CT molecular complexity index is 312. The molecule has 3 unspecified atom stereocenters. The molecule has 88 valence electrons. The molecule has 1 aromatic carbocycles. The van der Waals surface area contributed by atoms with Crippen LogP contribution in [-0.4, -0.2) is 23.8 Å². The fourth-order valence-corrected chi connectivity index (χ4v) is 2.41. The highest BCUT2D eigenvalue weighted by Gasteiger charge is 2.24. The van der Waals surface area contributed by atoms with Crippen molar-refractivity contribution < 1.29 is 5.11 Å². The summed E-state index contributed by atoms with van der Waals surface area (Å²) < 4.78 is 0. The predicted molar refractivity (Wildman–Crippen MR) is 66.5 cm³/mol. The van der Waals surface area contributed by atoms with Crippen molar-refractivity contribution in [2.24, 2.45) is 0 Å². The van der Waals surface area contributed by atoms with E-state index in [1.165, 1.54) is 5.56 Å². The molecule has 0 aromatic heterocycles. The van der Waals surface area contributed by atoms with Gasteiger partial charge in [-0.15, -0.1) is 0 Å². The van der Waals surface area contributed by atoms with E-state index in [2.05, 4.69) is 36.5 Å². The summed E-state index contributed by atoms with van der Waals surface area (Å²) in [6.07, 6.45) is 3.08. The molecule has 1 aromatic rings. The van der Waals surface area contributed by atoms with E-state index < -0.39 is 0 Å². The molecule has 0 aliphatic heterocycles. The summed E-state index contributed by atoms with van der Waals surface area (Å²) in [7, 11) is 0. The maximum atomic E-state index is 9.71. The average Bonchev–Trinajstić information content (AvgIpc) is 2.73. The SMILES string of the molecule is CC(CNC1CCCC1O)c1ccccc1. The quantitative estimate of drug-likeness (QED) is 0.814. The zero-order chi connectivity index (χ0) is 11.4. The summed E-state index contributed by atoms with van der Waals surface area (Å²) in [6, 6.07) is 10.8. The first-order valence-corrected chi connectivity index (χ1v) is 6.24. The van der Waals surface area contributed by atoms with Crippen molar-refractivity contribution in [2.45, 2.75) is 44.2 Å². The van der Waals surface area contributed by atoms with Gasteiger partial charge in [-0.1, -0.05) is 37.3 Å². The second kappa shape index (κ2) is 5.46. The number of benzene rings is 1. The molecular weight excluding hydrogens is 198 g/mol. The minimum atomic E-state index is -0.136. The molecule has 1 aliphatic carbocycles. The summed E-state index contributed by atoms with van der Waals surface area (Å²) in [6.45, 7) is 3.18. The summed E-state index contributed by atoms with van der Waals surface area (Å²) in [4.78, 5) is 0. The summed E-state index contributed by atoms with van der Waals surface area (Å²) in [5.41, 5.74) is 1.36. The molecule has 0 bridgehead atoms. The van der Waals surface area contributed by atoms with E-state index in [0.717, 1.165) is 25.8 Å². The molecule has 2 nitrogen and oxygen atoms in total. The smallest absolute Gasteiger partial charge is 0.0693 e. The van der Waals surface area contributed by atoms with Gasteiger partial charge in [0.1, 0.15) is 0 Å². The number of rotatable bonds is 4. The van der Waals surface area contributed by atoms with Crippen LogP contribution in [0.25, 0.3) is 0 Å². The van der Waals surface area contributed by atoms with Crippen LogP contribution in [0.1, 0.15) is 37.7 Å². The molecule has 0 saturated heterocycles. The third kappa shape index (κ3) is 2.83. The van der Waals surface area contributed by atoms with Gasteiger partial charge in [0, 0.05) is 12.6 Å². The largest absolute Gasteiger partial charge is 0.392 e. The maximum absolute atomic E-state index is 9.71. The Labute approximate surface area is 97.7 Å².